The largest absolute Gasteiger partial charge is 0.372 e. The maximum Gasteiger partial charge on any atom is 0.132 e. The maximum atomic E-state index is 13.7. The fourth-order valence-electron chi connectivity index (χ4n) is 3.07. The van der Waals surface area contributed by atoms with Crippen molar-refractivity contribution >= 4 is 0 Å². The minimum absolute atomic E-state index is 0.0602. The Hall–Kier alpha value is -1.00. The lowest BCUT2D eigenvalue weighted by molar-refractivity contribution is 0.0429. The number of nitrogens with one attached hydrogen (secondary N) is 1. The number of rotatable bonds is 1. The van der Waals surface area contributed by atoms with Gasteiger partial charge in [0.05, 0.1) is 12.2 Å². The van der Waals surface area contributed by atoms with Crippen molar-refractivity contribution in [2.45, 2.75) is 31.4 Å². The van der Waals surface area contributed by atoms with E-state index in [1.54, 1.807) is 0 Å². The lowest BCUT2D eigenvalue weighted by Crippen LogP contribution is -2.33. The lowest BCUT2D eigenvalue weighted by Gasteiger charge is -2.17. The highest BCUT2D eigenvalue weighted by Gasteiger charge is 2.33. The molecule has 0 spiro atoms. The quantitative estimate of drug-likeness (QED) is 0.831. The van der Waals surface area contributed by atoms with Gasteiger partial charge in [-0.25, -0.2) is 8.78 Å². The molecule has 2 fully saturated rings. The summed E-state index contributed by atoms with van der Waals surface area (Å²) in [4.78, 5) is 0. The minimum Gasteiger partial charge on any atom is -0.372 e. The van der Waals surface area contributed by atoms with Gasteiger partial charge in [-0.1, -0.05) is 12.5 Å². The van der Waals surface area contributed by atoms with Crippen LogP contribution >= 0.6 is 0 Å². The van der Waals surface area contributed by atoms with Gasteiger partial charge in [0.1, 0.15) is 17.7 Å². The van der Waals surface area contributed by atoms with Crippen LogP contribution in [0.4, 0.5) is 8.78 Å². The standard InChI is InChI=1S/C14H17F2NO/c15-10-4-2-5-11(16)14(10)13-7-17-12-6-1-3-9(12)8-18-13/h2,4-5,9,12-13,17H,1,3,6-8H2. The van der Waals surface area contributed by atoms with Crippen LogP contribution in [-0.4, -0.2) is 19.2 Å². The van der Waals surface area contributed by atoms with Gasteiger partial charge in [-0.05, 0) is 30.9 Å². The third kappa shape index (κ3) is 2.15. The first-order valence-corrected chi connectivity index (χ1v) is 6.54. The Morgan fingerprint density at radius 1 is 1.17 bits per heavy atom. The molecule has 3 atom stereocenters. The third-order valence-corrected chi connectivity index (χ3v) is 4.06. The molecule has 1 aromatic rings. The fraction of sp³-hybridized carbons (Fsp3) is 0.571. The fourth-order valence-corrected chi connectivity index (χ4v) is 3.07. The molecular weight excluding hydrogens is 236 g/mol. The predicted octanol–water partition coefficient (Wildman–Crippen LogP) is 2.79. The molecule has 1 N–H and O–H groups in total. The van der Waals surface area contributed by atoms with Gasteiger partial charge in [-0.3, -0.25) is 0 Å². The van der Waals surface area contributed by atoms with Crippen LogP contribution < -0.4 is 5.32 Å². The summed E-state index contributed by atoms with van der Waals surface area (Å²) >= 11 is 0. The van der Waals surface area contributed by atoms with Crippen molar-refractivity contribution in [3.8, 4) is 0 Å². The van der Waals surface area contributed by atoms with Crippen LogP contribution in [0.25, 0.3) is 0 Å². The maximum absolute atomic E-state index is 13.7. The van der Waals surface area contributed by atoms with E-state index in [4.69, 9.17) is 4.74 Å². The summed E-state index contributed by atoms with van der Waals surface area (Å²) in [6, 6.07) is 4.40. The molecule has 0 aromatic heterocycles. The second-order valence-corrected chi connectivity index (χ2v) is 5.16. The van der Waals surface area contributed by atoms with Crippen molar-refractivity contribution in [1.29, 1.82) is 0 Å². The average molecular weight is 253 g/mol. The van der Waals surface area contributed by atoms with Crippen LogP contribution in [0.3, 0.4) is 0 Å². The van der Waals surface area contributed by atoms with Gasteiger partial charge in [0.15, 0.2) is 0 Å². The summed E-state index contributed by atoms with van der Waals surface area (Å²) < 4.78 is 33.1. The highest BCUT2D eigenvalue weighted by atomic mass is 19.1. The first-order chi connectivity index (χ1) is 8.75. The van der Waals surface area contributed by atoms with Crippen molar-refractivity contribution in [3.63, 3.8) is 0 Å². The molecule has 2 aliphatic rings. The van der Waals surface area contributed by atoms with Gasteiger partial charge < -0.3 is 10.1 Å². The SMILES string of the molecule is Fc1cccc(F)c1C1CNC2CCCC2CO1. The summed E-state index contributed by atoms with van der Waals surface area (Å²) in [6.07, 6.45) is 2.98. The predicted molar refractivity (Wildman–Crippen MR) is 64.2 cm³/mol. The molecule has 3 rings (SSSR count). The zero-order chi connectivity index (χ0) is 12.5. The van der Waals surface area contributed by atoms with Gasteiger partial charge in [-0.15, -0.1) is 0 Å². The molecule has 1 aromatic carbocycles. The highest BCUT2D eigenvalue weighted by molar-refractivity contribution is 5.23. The Bertz CT molecular complexity index is 404. The number of benzene rings is 1. The molecular formula is C14H17F2NO. The van der Waals surface area contributed by atoms with Crippen LogP contribution in [0, 0.1) is 17.6 Å². The van der Waals surface area contributed by atoms with Crippen molar-refractivity contribution in [2.75, 3.05) is 13.2 Å². The molecule has 1 heterocycles. The Balaban J connectivity index is 1.81. The minimum atomic E-state index is -0.520. The van der Waals surface area contributed by atoms with Gasteiger partial charge in [0.25, 0.3) is 0 Å². The van der Waals surface area contributed by atoms with E-state index in [9.17, 15) is 8.78 Å². The van der Waals surface area contributed by atoms with Crippen molar-refractivity contribution in [2.24, 2.45) is 5.92 Å². The average Bonchev–Trinajstić information content (AvgIpc) is 2.71. The van der Waals surface area contributed by atoms with Crippen LogP contribution in [0.5, 0.6) is 0 Å². The van der Waals surface area contributed by atoms with Gasteiger partial charge in [-0.2, -0.15) is 0 Å². The molecule has 0 amide bonds. The second kappa shape index (κ2) is 4.94. The molecule has 98 valence electrons. The number of halogens is 2. The summed E-state index contributed by atoms with van der Waals surface area (Å²) in [5.41, 5.74) is 0.0602. The van der Waals surface area contributed by atoms with Gasteiger partial charge in [0.2, 0.25) is 0 Å². The second-order valence-electron chi connectivity index (χ2n) is 5.16. The normalized spacial score (nSPS) is 32.0. The Morgan fingerprint density at radius 2 is 1.94 bits per heavy atom. The van der Waals surface area contributed by atoms with E-state index >= 15 is 0 Å². The monoisotopic (exact) mass is 253 g/mol. The number of hydrogen-bond acceptors (Lipinski definition) is 2. The first kappa shape index (κ1) is 12.1. The molecule has 0 bridgehead atoms. The summed E-state index contributed by atoms with van der Waals surface area (Å²) in [5.74, 6) is -0.549. The van der Waals surface area contributed by atoms with E-state index in [-0.39, 0.29) is 5.56 Å². The molecule has 1 aliphatic heterocycles. The van der Waals surface area contributed by atoms with E-state index in [0.29, 0.717) is 25.1 Å². The number of hydrogen-bond donors (Lipinski definition) is 1. The van der Waals surface area contributed by atoms with E-state index in [1.807, 2.05) is 0 Å². The van der Waals surface area contributed by atoms with Gasteiger partial charge in [0, 0.05) is 12.6 Å². The number of fused-ring (bicyclic) bond motifs is 1. The first-order valence-electron chi connectivity index (χ1n) is 6.54. The Labute approximate surface area is 105 Å². The van der Waals surface area contributed by atoms with Crippen molar-refractivity contribution in [1.82, 2.24) is 5.32 Å². The number of ether oxygens (including phenoxy) is 1. The van der Waals surface area contributed by atoms with E-state index < -0.39 is 17.7 Å². The van der Waals surface area contributed by atoms with E-state index in [1.165, 1.54) is 24.6 Å². The Morgan fingerprint density at radius 3 is 2.72 bits per heavy atom. The summed E-state index contributed by atoms with van der Waals surface area (Å²) in [5, 5.41) is 3.39. The molecule has 4 heteroatoms. The molecule has 1 aliphatic carbocycles. The van der Waals surface area contributed by atoms with Crippen LogP contribution in [0.1, 0.15) is 30.9 Å². The van der Waals surface area contributed by atoms with Crippen molar-refractivity contribution in [3.05, 3.63) is 35.4 Å². The third-order valence-electron chi connectivity index (χ3n) is 4.06. The molecule has 0 radical (unpaired) electrons. The van der Waals surface area contributed by atoms with Crippen molar-refractivity contribution < 1.29 is 13.5 Å². The smallest absolute Gasteiger partial charge is 0.132 e. The summed E-state index contributed by atoms with van der Waals surface area (Å²) in [6.45, 7) is 1.08. The van der Waals surface area contributed by atoms with E-state index in [0.717, 1.165) is 12.8 Å². The van der Waals surface area contributed by atoms with E-state index in [2.05, 4.69) is 5.32 Å². The van der Waals surface area contributed by atoms with Crippen LogP contribution in [0.15, 0.2) is 18.2 Å². The van der Waals surface area contributed by atoms with Gasteiger partial charge >= 0.3 is 0 Å². The van der Waals surface area contributed by atoms with Crippen LogP contribution in [-0.2, 0) is 4.74 Å². The molecule has 3 unspecified atom stereocenters. The zero-order valence-electron chi connectivity index (χ0n) is 10.2. The Kier molecular flexibility index (Phi) is 3.31. The zero-order valence-corrected chi connectivity index (χ0v) is 10.2. The highest BCUT2D eigenvalue weighted by Crippen LogP contribution is 2.32. The summed E-state index contributed by atoms with van der Waals surface area (Å²) in [7, 11) is 0. The lowest BCUT2D eigenvalue weighted by atomic mass is 10.1. The molecule has 18 heavy (non-hydrogen) atoms. The molecule has 1 saturated heterocycles. The molecule has 2 nitrogen and oxygen atoms in total. The van der Waals surface area contributed by atoms with Crippen LogP contribution in [0.2, 0.25) is 0 Å². The topological polar surface area (TPSA) is 21.3 Å². The molecule has 1 saturated carbocycles.